The van der Waals surface area contributed by atoms with Crippen LogP contribution in [-0.4, -0.2) is 6.54 Å². The summed E-state index contributed by atoms with van der Waals surface area (Å²) in [4.78, 5) is 0. The maximum atomic E-state index is 5.62. The Morgan fingerprint density at radius 3 is 1.33 bits per heavy atom. The second-order valence-corrected chi connectivity index (χ2v) is 5.86. The number of nitrogens with two attached hydrogens (primary N) is 1. The quantitative estimate of drug-likeness (QED) is 0.679. The third-order valence-corrected chi connectivity index (χ3v) is 2.55. The molecule has 0 fully saturated rings. The van der Waals surface area contributed by atoms with Gasteiger partial charge >= 0.3 is 0 Å². The first kappa shape index (κ1) is 12.0. The van der Waals surface area contributed by atoms with Crippen molar-refractivity contribution in [3.8, 4) is 0 Å². The van der Waals surface area contributed by atoms with Gasteiger partial charge in [0.15, 0.2) is 0 Å². The molecule has 0 spiro atoms. The molecule has 1 heteroatoms. The third kappa shape index (κ3) is 3.57. The van der Waals surface area contributed by atoms with E-state index < -0.39 is 0 Å². The zero-order chi connectivity index (χ0) is 9.99. The lowest BCUT2D eigenvalue weighted by Crippen LogP contribution is -2.34. The van der Waals surface area contributed by atoms with Crippen LogP contribution in [0.25, 0.3) is 0 Å². The Balaban J connectivity index is 4.45. The van der Waals surface area contributed by atoms with E-state index in [4.69, 9.17) is 5.73 Å². The maximum Gasteiger partial charge on any atom is -0.00742 e. The smallest absolute Gasteiger partial charge is 0.00742 e. The summed E-state index contributed by atoms with van der Waals surface area (Å²) in [7, 11) is 0. The number of hydrogen-bond acceptors (Lipinski definition) is 1. The van der Waals surface area contributed by atoms with Crippen LogP contribution in [0, 0.1) is 16.7 Å². The Hall–Kier alpha value is -0.0400. The van der Waals surface area contributed by atoms with Crippen LogP contribution in [0.3, 0.4) is 0 Å². The van der Waals surface area contributed by atoms with Crippen LogP contribution >= 0.6 is 0 Å². The van der Waals surface area contributed by atoms with Crippen LogP contribution in [0.2, 0.25) is 0 Å². The molecule has 74 valence electrons. The van der Waals surface area contributed by atoms with Gasteiger partial charge in [0.25, 0.3) is 0 Å². The zero-order valence-electron chi connectivity index (χ0n) is 9.57. The van der Waals surface area contributed by atoms with E-state index >= 15 is 0 Å². The van der Waals surface area contributed by atoms with Gasteiger partial charge in [-0.05, 0) is 29.7 Å². The van der Waals surface area contributed by atoms with Gasteiger partial charge in [-0.15, -0.1) is 0 Å². The van der Waals surface area contributed by atoms with Crippen LogP contribution in [0.1, 0.15) is 48.0 Å². The minimum absolute atomic E-state index is 0.373. The van der Waals surface area contributed by atoms with E-state index in [0.29, 0.717) is 16.7 Å². The van der Waals surface area contributed by atoms with Crippen LogP contribution < -0.4 is 5.73 Å². The Labute approximate surface area is 77.7 Å². The summed E-state index contributed by atoms with van der Waals surface area (Å²) < 4.78 is 0. The van der Waals surface area contributed by atoms with Gasteiger partial charge in [-0.2, -0.15) is 0 Å². The average Bonchev–Trinajstić information content (AvgIpc) is 1.77. The lowest BCUT2D eigenvalue weighted by molar-refractivity contribution is 0.0953. The van der Waals surface area contributed by atoms with Gasteiger partial charge in [0.1, 0.15) is 0 Å². The first-order chi connectivity index (χ1) is 5.19. The number of rotatable bonds is 2. The molecule has 0 heterocycles. The second kappa shape index (κ2) is 3.78. The van der Waals surface area contributed by atoms with E-state index in [2.05, 4.69) is 41.5 Å². The highest BCUT2D eigenvalue weighted by Crippen LogP contribution is 2.41. The molecule has 0 aromatic carbocycles. The standard InChI is InChI=1S/C11H25N/c1-10(2,3)9(7-8-12)11(4,5)6/h9H,7-8,12H2,1-6H3. The molecule has 2 N–H and O–H groups in total. The predicted octanol–water partition coefficient (Wildman–Crippen LogP) is 3.04. The van der Waals surface area contributed by atoms with Gasteiger partial charge in [-0.3, -0.25) is 0 Å². The first-order valence-corrected chi connectivity index (χ1v) is 4.89. The van der Waals surface area contributed by atoms with Gasteiger partial charge in [-0.1, -0.05) is 41.5 Å². The Morgan fingerprint density at radius 1 is 0.917 bits per heavy atom. The molecule has 0 aromatic heterocycles. The largest absolute Gasteiger partial charge is 0.330 e. The molecule has 12 heavy (non-hydrogen) atoms. The molecule has 0 aromatic rings. The van der Waals surface area contributed by atoms with Crippen molar-refractivity contribution in [1.29, 1.82) is 0 Å². The molecular formula is C11H25N. The SMILES string of the molecule is CC(C)(C)C(CCN)C(C)(C)C. The highest BCUT2D eigenvalue weighted by Gasteiger charge is 2.33. The van der Waals surface area contributed by atoms with Gasteiger partial charge in [-0.25, -0.2) is 0 Å². The van der Waals surface area contributed by atoms with E-state index in [1.165, 1.54) is 0 Å². The molecular weight excluding hydrogens is 146 g/mol. The summed E-state index contributed by atoms with van der Waals surface area (Å²) in [6, 6.07) is 0. The topological polar surface area (TPSA) is 26.0 Å². The van der Waals surface area contributed by atoms with Gasteiger partial charge in [0.05, 0.1) is 0 Å². The molecule has 0 amide bonds. The summed E-state index contributed by atoms with van der Waals surface area (Å²) >= 11 is 0. The molecule has 0 bridgehead atoms. The monoisotopic (exact) mass is 171 g/mol. The molecule has 0 aliphatic carbocycles. The van der Waals surface area contributed by atoms with Crippen molar-refractivity contribution in [3.05, 3.63) is 0 Å². The van der Waals surface area contributed by atoms with Crippen molar-refractivity contribution >= 4 is 0 Å². The second-order valence-electron chi connectivity index (χ2n) is 5.86. The zero-order valence-corrected chi connectivity index (χ0v) is 9.57. The maximum absolute atomic E-state index is 5.62. The average molecular weight is 171 g/mol. The molecule has 0 saturated heterocycles. The summed E-state index contributed by atoms with van der Waals surface area (Å²) in [5.41, 5.74) is 6.37. The molecule has 0 aliphatic rings. The number of hydrogen-bond donors (Lipinski definition) is 1. The Morgan fingerprint density at radius 2 is 1.25 bits per heavy atom. The van der Waals surface area contributed by atoms with Crippen molar-refractivity contribution in [2.24, 2.45) is 22.5 Å². The van der Waals surface area contributed by atoms with Crippen LogP contribution in [0.15, 0.2) is 0 Å². The molecule has 0 rings (SSSR count). The van der Waals surface area contributed by atoms with Crippen molar-refractivity contribution in [2.75, 3.05) is 6.54 Å². The van der Waals surface area contributed by atoms with Gasteiger partial charge in [0.2, 0.25) is 0 Å². The molecule has 0 radical (unpaired) electrons. The van der Waals surface area contributed by atoms with Crippen molar-refractivity contribution in [2.45, 2.75) is 48.0 Å². The fourth-order valence-corrected chi connectivity index (χ4v) is 2.33. The van der Waals surface area contributed by atoms with Crippen molar-refractivity contribution in [1.82, 2.24) is 0 Å². The fraction of sp³-hybridized carbons (Fsp3) is 1.00. The van der Waals surface area contributed by atoms with Gasteiger partial charge < -0.3 is 5.73 Å². The van der Waals surface area contributed by atoms with Crippen LogP contribution in [0.4, 0.5) is 0 Å². The molecule has 0 saturated carbocycles. The van der Waals surface area contributed by atoms with Crippen LogP contribution in [0.5, 0.6) is 0 Å². The van der Waals surface area contributed by atoms with Gasteiger partial charge in [0, 0.05) is 0 Å². The molecule has 0 atom stereocenters. The third-order valence-electron chi connectivity index (χ3n) is 2.55. The summed E-state index contributed by atoms with van der Waals surface area (Å²) in [5.74, 6) is 0.704. The first-order valence-electron chi connectivity index (χ1n) is 4.89. The molecule has 1 nitrogen and oxygen atoms in total. The highest BCUT2D eigenvalue weighted by atomic mass is 14.5. The molecule has 0 aliphatic heterocycles. The summed E-state index contributed by atoms with van der Waals surface area (Å²) in [6.07, 6.45) is 1.13. The summed E-state index contributed by atoms with van der Waals surface area (Å²) in [5, 5.41) is 0. The van der Waals surface area contributed by atoms with Crippen LogP contribution in [-0.2, 0) is 0 Å². The predicted molar refractivity (Wildman–Crippen MR) is 56.1 cm³/mol. The molecule has 0 unspecified atom stereocenters. The van der Waals surface area contributed by atoms with E-state index in [1.54, 1.807) is 0 Å². The minimum Gasteiger partial charge on any atom is -0.330 e. The minimum atomic E-state index is 0.373. The van der Waals surface area contributed by atoms with E-state index in [-0.39, 0.29) is 0 Å². The van der Waals surface area contributed by atoms with E-state index in [9.17, 15) is 0 Å². The van der Waals surface area contributed by atoms with E-state index in [0.717, 1.165) is 13.0 Å². The Kier molecular flexibility index (Phi) is 3.77. The van der Waals surface area contributed by atoms with Crippen molar-refractivity contribution in [3.63, 3.8) is 0 Å². The Bertz CT molecular complexity index is 111. The summed E-state index contributed by atoms with van der Waals surface area (Å²) in [6.45, 7) is 14.6. The fourth-order valence-electron chi connectivity index (χ4n) is 2.33. The van der Waals surface area contributed by atoms with E-state index in [1.807, 2.05) is 0 Å². The van der Waals surface area contributed by atoms with Crippen molar-refractivity contribution < 1.29 is 0 Å². The normalized spacial score (nSPS) is 14.0. The lowest BCUT2D eigenvalue weighted by atomic mass is 9.65. The highest BCUT2D eigenvalue weighted by molar-refractivity contribution is 4.83. The lowest BCUT2D eigenvalue weighted by Gasteiger charge is -2.40.